The lowest BCUT2D eigenvalue weighted by Crippen LogP contribution is -2.19. The summed E-state index contributed by atoms with van der Waals surface area (Å²) in [6.07, 6.45) is 0. The molecule has 0 bridgehead atoms. The average Bonchev–Trinajstić information content (AvgIpc) is 3.15. The highest BCUT2D eigenvalue weighted by Crippen LogP contribution is 2.31. The maximum absolute atomic E-state index is 12.9. The summed E-state index contributed by atoms with van der Waals surface area (Å²) in [5, 5.41) is 3.86. The number of aromatic nitrogens is 1. The van der Waals surface area contributed by atoms with Crippen LogP contribution in [0.3, 0.4) is 0 Å². The highest BCUT2D eigenvalue weighted by molar-refractivity contribution is 7.14. The molecule has 1 heterocycles. The molecule has 1 aromatic heterocycles. The molecule has 6 heteroatoms. The van der Waals surface area contributed by atoms with E-state index in [1.165, 1.54) is 11.3 Å². The first-order valence-electron chi connectivity index (χ1n) is 10.0. The number of rotatable bonds is 7. The highest BCUT2D eigenvalue weighted by Gasteiger charge is 2.18. The van der Waals surface area contributed by atoms with E-state index in [-0.39, 0.29) is 5.91 Å². The van der Waals surface area contributed by atoms with E-state index in [9.17, 15) is 4.79 Å². The van der Waals surface area contributed by atoms with Crippen LogP contribution in [0.2, 0.25) is 0 Å². The number of amides is 1. The van der Waals surface area contributed by atoms with Crippen LogP contribution in [0.25, 0.3) is 11.3 Å². The van der Waals surface area contributed by atoms with Gasteiger partial charge in [-0.05, 0) is 24.3 Å². The first kappa shape index (κ1) is 20.8. The number of nitrogens with one attached hydrogen (secondary N) is 1. The lowest BCUT2D eigenvalue weighted by atomic mass is 10.1. The van der Waals surface area contributed by atoms with E-state index < -0.39 is 0 Å². The Kier molecular flexibility index (Phi) is 6.72. The van der Waals surface area contributed by atoms with Gasteiger partial charge in [-0.25, -0.2) is 4.99 Å². The minimum absolute atomic E-state index is 0.149. The summed E-state index contributed by atoms with van der Waals surface area (Å²) in [7, 11) is 1.68. The summed E-state index contributed by atoms with van der Waals surface area (Å²) in [4.78, 5) is 18.6. The quantitative estimate of drug-likeness (QED) is 0.431. The van der Waals surface area contributed by atoms with Gasteiger partial charge in [0.25, 0.3) is 5.91 Å². The number of benzene rings is 3. The largest absolute Gasteiger partial charge is 0.383 e. The molecule has 3 aromatic carbocycles. The summed E-state index contributed by atoms with van der Waals surface area (Å²) in [6, 6.07) is 29.1. The van der Waals surface area contributed by atoms with E-state index in [0.717, 1.165) is 26.7 Å². The Morgan fingerprint density at radius 3 is 2.19 bits per heavy atom. The zero-order chi connectivity index (χ0) is 21.5. The molecule has 31 heavy (non-hydrogen) atoms. The van der Waals surface area contributed by atoms with Gasteiger partial charge in [0.05, 0.1) is 18.0 Å². The van der Waals surface area contributed by atoms with Crippen molar-refractivity contribution in [2.45, 2.75) is 6.54 Å². The van der Waals surface area contributed by atoms with Gasteiger partial charge in [-0.1, -0.05) is 78.1 Å². The van der Waals surface area contributed by atoms with E-state index in [2.05, 4.69) is 9.88 Å². The van der Waals surface area contributed by atoms with Crippen LogP contribution in [0.5, 0.6) is 0 Å². The van der Waals surface area contributed by atoms with Gasteiger partial charge in [-0.3, -0.25) is 4.79 Å². The van der Waals surface area contributed by atoms with Crippen LogP contribution < -0.4 is 10.1 Å². The van der Waals surface area contributed by atoms with Crippen LogP contribution in [0.1, 0.15) is 10.4 Å². The summed E-state index contributed by atoms with van der Waals surface area (Å²) >= 11 is 1.46. The van der Waals surface area contributed by atoms with Gasteiger partial charge in [0.15, 0.2) is 4.80 Å². The fourth-order valence-corrected chi connectivity index (χ4v) is 4.33. The lowest BCUT2D eigenvalue weighted by Gasteiger charge is -2.11. The van der Waals surface area contributed by atoms with Gasteiger partial charge in [-0.2, -0.15) is 0 Å². The van der Waals surface area contributed by atoms with E-state index in [1.807, 2.05) is 78.9 Å². The van der Waals surface area contributed by atoms with E-state index in [4.69, 9.17) is 9.73 Å². The Balaban J connectivity index is 1.86. The molecule has 5 nitrogen and oxygen atoms in total. The number of thiazole rings is 1. The van der Waals surface area contributed by atoms with Crippen LogP contribution in [-0.4, -0.2) is 24.2 Å². The molecule has 0 aliphatic carbocycles. The molecule has 4 rings (SSSR count). The molecule has 0 radical (unpaired) electrons. The Morgan fingerprint density at radius 1 is 0.935 bits per heavy atom. The SMILES string of the molecule is COCCn1c(-c2ccccc2)c(NC(=O)c2ccccc2)sc1=Nc1ccccc1. The average molecular weight is 430 g/mol. The first-order chi connectivity index (χ1) is 15.3. The normalized spacial score (nSPS) is 11.5. The van der Waals surface area contributed by atoms with Crippen LogP contribution in [0.4, 0.5) is 10.7 Å². The number of ether oxygens (including phenoxy) is 1. The third-order valence-electron chi connectivity index (χ3n) is 4.72. The summed E-state index contributed by atoms with van der Waals surface area (Å²) < 4.78 is 7.46. The van der Waals surface area contributed by atoms with E-state index >= 15 is 0 Å². The second-order valence-electron chi connectivity index (χ2n) is 6.84. The Labute approximate surface area is 185 Å². The zero-order valence-corrected chi connectivity index (χ0v) is 18.0. The summed E-state index contributed by atoms with van der Waals surface area (Å²) in [5.74, 6) is -0.149. The second kappa shape index (κ2) is 10.0. The number of carbonyl (C=O) groups excluding carboxylic acids is 1. The van der Waals surface area contributed by atoms with Crippen molar-refractivity contribution in [3.8, 4) is 11.3 Å². The molecular formula is C25H23N3O2S. The monoisotopic (exact) mass is 429 g/mol. The van der Waals surface area contributed by atoms with Crippen molar-refractivity contribution in [3.05, 3.63) is 101 Å². The van der Waals surface area contributed by atoms with Crippen molar-refractivity contribution in [1.82, 2.24) is 4.57 Å². The minimum Gasteiger partial charge on any atom is -0.383 e. The number of hydrogen-bond donors (Lipinski definition) is 1. The van der Waals surface area contributed by atoms with Crippen molar-refractivity contribution >= 4 is 27.9 Å². The molecule has 0 fully saturated rings. The van der Waals surface area contributed by atoms with Crippen molar-refractivity contribution < 1.29 is 9.53 Å². The topological polar surface area (TPSA) is 55.6 Å². The van der Waals surface area contributed by atoms with Gasteiger partial charge in [0.1, 0.15) is 5.00 Å². The molecule has 0 atom stereocenters. The Hall–Kier alpha value is -3.48. The van der Waals surface area contributed by atoms with Crippen LogP contribution in [-0.2, 0) is 11.3 Å². The van der Waals surface area contributed by atoms with Crippen LogP contribution in [0.15, 0.2) is 96.0 Å². The van der Waals surface area contributed by atoms with Crippen molar-refractivity contribution in [2.24, 2.45) is 4.99 Å². The number of carbonyl (C=O) groups is 1. The Morgan fingerprint density at radius 2 is 1.55 bits per heavy atom. The number of methoxy groups -OCH3 is 1. The number of para-hydroxylation sites is 1. The first-order valence-corrected chi connectivity index (χ1v) is 10.8. The van der Waals surface area contributed by atoms with Gasteiger partial charge < -0.3 is 14.6 Å². The van der Waals surface area contributed by atoms with Gasteiger partial charge >= 0.3 is 0 Å². The van der Waals surface area contributed by atoms with Crippen molar-refractivity contribution in [1.29, 1.82) is 0 Å². The van der Waals surface area contributed by atoms with E-state index in [0.29, 0.717) is 18.7 Å². The highest BCUT2D eigenvalue weighted by atomic mass is 32.1. The number of anilines is 1. The third-order valence-corrected chi connectivity index (χ3v) is 5.71. The van der Waals surface area contributed by atoms with Crippen LogP contribution >= 0.6 is 11.3 Å². The number of nitrogens with zero attached hydrogens (tertiary/aromatic N) is 2. The maximum Gasteiger partial charge on any atom is 0.256 e. The predicted molar refractivity (Wildman–Crippen MR) is 126 cm³/mol. The molecule has 4 aromatic rings. The van der Waals surface area contributed by atoms with Gasteiger partial charge in [0, 0.05) is 24.8 Å². The molecular weight excluding hydrogens is 406 g/mol. The van der Waals surface area contributed by atoms with Gasteiger partial charge in [-0.15, -0.1) is 0 Å². The fourth-order valence-electron chi connectivity index (χ4n) is 3.23. The molecule has 0 aliphatic heterocycles. The van der Waals surface area contributed by atoms with E-state index in [1.54, 1.807) is 19.2 Å². The molecule has 0 saturated heterocycles. The molecule has 1 N–H and O–H groups in total. The smallest absolute Gasteiger partial charge is 0.256 e. The van der Waals surface area contributed by atoms with Crippen molar-refractivity contribution in [2.75, 3.05) is 19.0 Å². The van der Waals surface area contributed by atoms with Crippen LogP contribution in [0, 0.1) is 0 Å². The van der Waals surface area contributed by atoms with Gasteiger partial charge in [0.2, 0.25) is 0 Å². The maximum atomic E-state index is 12.9. The fraction of sp³-hybridized carbons (Fsp3) is 0.120. The molecule has 0 aliphatic rings. The lowest BCUT2D eigenvalue weighted by molar-refractivity contribution is 0.102. The predicted octanol–water partition coefficient (Wildman–Crippen LogP) is 5.35. The van der Waals surface area contributed by atoms with Crippen molar-refractivity contribution in [3.63, 3.8) is 0 Å². The molecule has 0 saturated carbocycles. The third kappa shape index (κ3) is 4.99. The minimum atomic E-state index is -0.149. The second-order valence-corrected chi connectivity index (χ2v) is 7.82. The molecule has 1 amide bonds. The molecule has 0 spiro atoms. The summed E-state index contributed by atoms with van der Waals surface area (Å²) in [6.45, 7) is 1.15. The molecule has 0 unspecified atom stereocenters. The Bertz CT molecular complexity index is 1200. The zero-order valence-electron chi connectivity index (χ0n) is 17.2. The standard InChI is InChI=1S/C25H23N3O2S/c1-30-18-17-28-22(19-11-5-2-6-12-19)24(27-23(29)20-13-7-3-8-14-20)31-25(28)26-21-15-9-4-10-16-21/h2-16H,17-18H2,1H3,(H,27,29). The molecule has 156 valence electrons. The summed E-state index contributed by atoms with van der Waals surface area (Å²) in [5.41, 5.74) is 3.39. The number of hydrogen-bond acceptors (Lipinski definition) is 4.